The maximum absolute atomic E-state index is 6.31. The summed E-state index contributed by atoms with van der Waals surface area (Å²) in [6.45, 7) is 13.8. The van der Waals surface area contributed by atoms with Crippen molar-refractivity contribution in [1.29, 1.82) is 0 Å². The van der Waals surface area contributed by atoms with Crippen molar-refractivity contribution in [1.82, 2.24) is 10.2 Å². The Bertz CT molecular complexity index is 413. The Labute approximate surface area is 141 Å². The fraction of sp³-hybridized carbons (Fsp3) is 0.778. The molecule has 0 amide bonds. The number of likely N-dealkylation sites (N-methyl/N-ethyl adjacent to an activating group) is 1. The Morgan fingerprint density at radius 2 is 2.05 bits per heavy atom. The normalized spacial score (nSPS) is 29.5. The summed E-state index contributed by atoms with van der Waals surface area (Å²) in [6, 6.07) is 0.604. The molecule has 1 saturated heterocycles. The van der Waals surface area contributed by atoms with Gasteiger partial charge < -0.3 is 10.1 Å². The zero-order valence-electron chi connectivity index (χ0n) is 15.2. The largest absolute Gasteiger partial charge is 0.486 e. The summed E-state index contributed by atoms with van der Waals surface area (Å²) < 4.78 is 6.31. The lowest BCUT2D eigenvalue weighted by Gasteiger charge is -2.44. The summed E-state index contributed by atoms with van der Waals surface area (Å²) in [5.74, 6) is 1.36. The maximum atomic E-state index is 6.31. The van der Waals surface area contributed by atoms with E-state index in [9.17, 15) is 0 Å². The lowest BCUT2D eigenvalue weighted by molar-refractivity contribution is -0.0231. The third-order valence-electron chi connectivity index (χ3n) is 4.43. The smallest absolute Gasteiger partial charge is 0.134 e. The molecule has 0 spiro atoms. The first-order chi connectivity index (χ1) is 10.3. The highest BCUT2D eigenvalue weighted by atomic mass is 35.5. The zero-order valence-corrected chi connectivity index (χ0v) is 16.0. The SMILES string of the molecule is CCCC1C(/C=C(/NCC)C(C)C)O/C(=C(/C)Cl)C(C)N1C. The molecule has 1 aliphatic rings. The number of ether oxygens (including phenoxy) is 1. The van der Waals surface area contributed by atoms with Gasteiger partial charge in [0.2, 0.25) is 0 Å². The van der Waals surface area contributed by atoms with Gasteiger partial charge in [0.25, 0.3) is 0 Å². The molecular formula is C18H33ClN2O. The third kappa shape index (κ3) is 4.66. The van der Waals surface area contributed by atoms with Gasteiger partial charge in [-0.15, -0.1) is 0 Å². The van der Waals surface area contributed by atoms with Crippen LogP contribution in [0.2, 0.25) is 0 Å². The third-order valence-corrected chi connectivity index (χ3v) is 4.61. The van der Waals surface area contributed by atoms with Crippen LogP contribution in [0.1, 0.15) is 54.4 Å². The Hall–Kier alpha value is -0.670. The molecule has 1 rings (SSSR count). The number of halogens is 1. The van der Waals surface area contributed by atoms with Gasteiger partial charge in [-0.05, 0) is 46.2 Å². The minimum Gasteiger partial charge on any atom is -0.486 e. The van der Waals surface area contributed by atoms with Crippen molar-refractivity contribution in [2.24, 2.45) is 5.92 Å². The molecule has 0 aromatic carbocycles. The van der Waals surface area contributed by atoms with Crippen LogP contribution < -0.4 is 5.32 Å². The average Bonchev–Trinajstić information content (AvgIpc) is 2.45. The number of morpholine rings is 1. The van der Waals surface area contributed by atoms with Gasteiger partial charge in [0.05, 0.1) is 17.1 Å². The second-order valence-electron chi connectivity index (χ2n) is 6.48. The van der Waals surface area contributed by atoms with Gasteiger partial charge in [-0.2, -0.15) is 0 Å². The summed E-state index contributed by atoms with van der Waals surface area (Å²) >= 11 is 6.26. The lowest BCUT2D eigenvalue weighted by Crippen LogP contribution is -2.52. The number of rotatable bonds is 6. The van der Waals surface area contributed by atoms with Crippen LogP contribution in [0.4, 0.5) is 0 Å². The van der Waals surface area contributed by atoms with Gasteiger partial charge in [0.1, 0.15) is 11.9 Å². The Balaban J connectivity index is 3.15. The van der Waals surface area contributed by atoms with Crippen molar-refractivity contribution in [3.8, 4) is 0 Å². The predicted octanol–water partition coefficient (Wildman–Crippen LogP) is 4.49. The molecule has 0 aliphatic carbocycles. The molecule has 3 atom stereocenters. The van der Waals surface area contributed by atoms with E-state index >= 15 is 0 Å². The van der Waals surface area contributed by atoms with Crippen LogP contribution in [-0.2, 0) is 4.74 Å². The van der Waals surface area contributed by atoms with Gasteiger partial charge in [0, 0.05) is 12.2 Å². The van der Waals surface area contributed by atoms with Crippen molar-refractivity contribution in [3.63, 3.8) is 0 Å². The molecule has 1 heterocycles. The van der Waals surface area contributed by atoms with Crippen molar-refractivity contribution in [2.75, 3.05) is 13.6 Å². The van der Waals surface area contributed by atoms with E-state index in [1.54, 1.807) is 0 Å². The molecule has 1 fully saturated rings. The topological polar surface area (TPSA) is 24.5 Å². The molecule has 0 aromatic heterocycles. The first-order valence-corrected chi connectivity index (χ1v) is 8.91. The van der Waals surface area contributed by atoms with Crippen molar-refractivity contribution in [3.05, 3.63) is 22.6 Å². The minimum absolute atomic E-state index is 0.0429. The molecular weight excluding hydrogens is 296 g/mol. The molecule has 128 valence electrons. The van der Waals surface area contributed by atoms with Crippen LogP contribution in [0, 0.1) is 5.92 Å². The second-order valence-corrected chi connectivity index (χ2v) is 7.05. The zero-order chi connectivity index (χ0) is 16.9. The van der Waals surface area contributed by atoms with Gasteiger partial charge in [0.15, 0.2) is 0 Å². The summed E-state index contributed by atoms with van der Waals surface area (Å²) in [5, 5.41) is 4.23. The number of hydrogen-bond acceptors (Lipinski definition) is 3. The molecule has 4 heteroatoms. The van der Waals surface area contributed by atoms with Crippen molar-refractivity contribution >= 4 is 11.6 Å². The van der Waals surface area contributed by atoms with E-state index in [0.29, 0.717) is 12.0 Å². The lowest BCUT2D eigenvalue weighted by atomic mass is 9.96. The summed E-state index contributed by atoms with van der Waals surface area (Å²) in [7, 11) is 2.18. The molecule has 1 aliphatic heterocycles. The second kappa shape index (κ2) is 8.83. The number of hydrogen-bond donors (Lipinski definition) is 1. The number of nitrogens with zero attached hydrogens (tertiary/aromatic N) is 1. The molecule has 1 N–H and O–H groups in total. The molecule has 0 bridgehead atoms. The first kappa shape index (κ1) is 19.4. The summed E-state index contributed by atoms with van der Waals surface area (Å²) in [6.07, 6.45) is 4.57. The van der Waals surface area contributed by atoms with Crippen LogP contribution in [0.5, 0.6) is 0 Å². The summed E-state index contributed by atoms with van der Waals surface area (Å²) in [4.78, 5) is 2.40. The number of allylic oxidation sites excluding steroid dienone is 2. The van der Waals surface area contributed by atoms with E-state index in [2.05, 4.69) is 58.0 Å². The van der Waals surface area contributed by atoms with Crippen LogP contribution in [0.3, 0.4) is 0 Å². The quantitative estimate of drug-likeness (QED) is 0.777. The monoisotopic (exact) mass is 328 g/mol. The van der Waals surface area contributed by atoms with Crippen LogP contribution in [0.15, 0.2) is 22.6 Å². The van der Waals surface area contributed by atoms with Crippen LogP contribution >= 0.6 is 11.6 Å². The molecule has 0 radical (unpaired) electrons. The van der Waals surface area contributed by atoms with E-state index in [1.165, 1.54) is 5.70 Å². The standard InChI is InChI=1S/C18H33ClN2O/c1-8-10-16-17(11-15(12(3)4)20-9-2)22-18(13(5)19)14(6)21(16)7/h11-12,14,16-17,20H,8-10H2,1-7H3/b15-11+,18-13-. The van der Waals surface area contributed by atoms with E-state index in [-0.39, 0.29) is 12.1 Å². The average molecular weight is 329 g/mol. The van der Waals surface area contributed by atoms with E-state index < -0.39 is 0 Å². The van der Waals surface area contributed by atoms with Crippen molar-refractivity contribution < 1.29 is 4.74 Å². The minimum atomic E-state index is 0.0429. The fourth-order valence-electron chi connectivity index (χ4n) is 3.04. The highest BCUT2D eigenvalue weighted by Gasteiger charge is 2.36. The molecule has 0 aromatic rings. The maximum Gasteiger partial charge on any atom is 0.134 e. The van der Waals surface area contributed by atoms with Gasteiger partial charge in [-0.3, -0.25) is 4.90 Å². The van der Waals surface area contributed by atoms with E-state index in [1.807, 2.05) is 6.92 Å². The highest BCUT2D eigenvalue weighted by Crippen LogP contribution is 2.32. The van der Waals surface area contributed by atoms with Gasteiger partial charge >= 0.3 is 0 Å². The first-order valence-electron chi connectivity index (χ1n) is 8.53. The molecule has 3 nitrogen and oxygen atoms in total. The van der Waals surface area contributed by atoms with E-state index in [4.69, 9.17) is 16.3 Å². The van der Waals surface area contributed by atoms with Gasteiger partial charge in [-0.1, -0.05) is 38.8 Å². The molecule has 22 heavy (non-hydrogen) atoms. The Kier molecular flexibility index (Phi) is 7.78. The highest BCUT2D eigenvalue weighted by molar-refractivity contribution is 6.29. The van der Waals surface area contributed by atoms with Crippen molar-refractivity contribution in [2.45, 2.75) is 72.6 Å². The summed E-state index contributed by atoms with van der Waals surface area (Å²) in [5.41, 5.74) is 1.25. The molecule has 3 unspecified atom stereocenters. The number of nitrogens with one attached hydrogen (secondary N) is 1. The van der Waals surface area contributed by atoms with Crippen LogP contribution in [0.25, 0.3) is 0 Å². The fourth-order valence-corrected chi connectivity index (χ4v) is 3.24. The van der Waals surface area contributed by atoms with Gasteiger partial charge in [-0.25, -0.2) is 0 Å². The Morgan fingerprint density at radius 3 is 2.50 bits per heavy atom. The Morgan fingerprint density at radius 1 is 1.41 bits per heavy atom. The molecule has 0 saturated carbocycles. The predicted molar refractivity (Wildman–Crippen MR) is 95.9 cm³/mol. The van der Waals surface area contributed by atoms with E-state index in [0.717, 1.165) is 30.2 Å². The van der Waals surface area contributed by atoms with Crippen LogP contribution in [-0.4, -0.2) is 36.7 Å².